The van der Waals surface area contributed by atoms with Crippen molar-refractivity contribution >= 4 is 33.3 Å². The normalized spacial score (nSPS) is 11.2. The number of sulfonamides is 1. The standard InChI is InChI=1S/C13H15ClN4O2S/c1-9-4-5-11(6-12(9)14)21(19,20)17-10-7-15-13(16-8-10)18(2)3/h4-8,17H,1-3H3. The van der Waals surface area contributed by atoms with Gasteiger partial charge in [0.25, 0.3) is 10.0 Å². The van der Waals surface area contributed by atoms with Crippen molar-refractivity contribution in [2.75, 3.05) is 23.7 Å². The van der Waals surface area contributed by atoms with Crippen LogP contribution in [0.1, 0.15) is 5.56 Å². The molecule has 21 heavy (non-hydrogen) atoms. The summed E-state index contributed by atoms with van der Waals surface area (Å²) in [5.74, 6) is 0.497. The second-order valence-electron chi connectivity index (χ2n) is 4.68. The zero-order valence-electron chi connectivity index (χ0n) is 11.8. The van der Waals surface area contributed by atoms with Crippen molar-refractivity contribution < 1.29 is 8.42 Å². The molecule has 0 amide bonds. The average molecular weight is 327 g/mol. The zero-order valence-corrected chi connectivity index (χ0v) is 13.4. The first-order valence-corrected chi connectivity index (χ1v) is 7.94. The van der Waals surface area contributed by atoms with Crippen LogP contribution in [0.15, 0.2) is 35.5 Å². The molecule has 1 heterocycles. The molecule has 0 unspecified atom stereocenters. The number of benzene rings is 1. The van der Waals surface area contributed by atoms with Gasteiger partial charge < -0.3 is 4.90 Å². The van der Waals surface area contributed by atoms with Gasteiger partial charge in [-0.05, 0) is 24.6 Å². The summed E-state index contributed by atoms with van der Waals surface area (Å²) in [6, 6.07) is 4.56. The van der Waals surface area contributed by atoms with Crippen LogP contribution in [0.3, 0.4) is 0 Å². The maximum atomic E-state index is 12.2. The van der Waals surface area contributed by atoms with Gasteiger partial charge in [-0.1, -0.05) is 17.7 Å². The third-order valence-corrected chi connectivity index (χ3v) is 4.53. The molecule has 0 aliphatic carbocycles. The summed E-state index contributed by atoms with van der Waals surface area (Å²) in [7, 11) is -0.116. The highest BCUT2D eigenvalue weighted by Gasteiger charge is 2.15. The molecule has 1 aromatic carbocycles. The molecule has 2 rings (SSSR count). The molecule has 0 bridgehead atoms. The number of aryl methyl sites for hydroxylation is 1. The molecule has 0 atom stereocenters. The number of hydrogen-bond donors (Lipinski definition) is 1. The van der Waals surface area contributed by atoms with Gasteiger partial charge in [0.05, 0.1) is 23.0 Å². The second-order valence-corrected chi connectivity index (χ2v) is 6.77. The van der Waals surface area contributed by atoms with E-state index in [1.165, 1.54) is 24.5 Å². The molecule has 8 heteroatoms. The van der Waals surface area contributed by atoms with Crippen molar-refractivity contribution in [3.63, 3.8) is 0 Å². The fraction of sp³-hybridized carbons (Fsp3) is 0.231. The third kappa shape index (κ3) is 3.62. The summed E-state index contributed by atoms with van der Waals surface area (Å²) in [6.45, 7) is 1.81. The lowest BCUT2D eigenvalue weighted by Crippen LogP contribution is -2.15. The smallest absolute Gasteiger partial charge is 0.262 e. The maximum absolute atomic E-state index is 12.2. The van der Waals surface area contributed by atoms with Gasteiger partial charge in [0.15, 0.2) is 0 Å². The first kappa shape index (κ1) is 15.5. The fourth-order valence-electron chi connectivity index (χ4n) is 1.56. The van der Waals surface area contributed by atoms with Crippen LogP contribution >= 0.6 is 11.6 Å². The monoisotopic (exact) mass is 326 g/mol. The predicted molar refractivity (Wildman–Crippen MR) is 83.4 cm³/mol. The van der Waals surface area contributed by atoms with Crippen molar-refractivity contribution in [3.05, 3.63) is 41.2 Å². The Balaban J connectivity index is 2.26. The van der Waals surface area contributed by atoms with E-state index in [4.69, 9.17) is 11.6 Å². The van der Waals surface area contributed by atoms with E-state index in [0.717, 1.165) is 5.56 Å². The van der Waals surface area contributed by atoms with Gasteiger partial charge in [0, 0.05) is 19.1 Å². The lowest BCUT2D eigenvalue weighted by molar-refractivity contribution is 0.601. The van der Waals surface area contributed by atoms with Crippen molar-refractivity contribution in [2.45, 2.75) is 11.8 Å². The lowest BCUT2D eigenvalue weighted by atomic mass is 10.2. The summed E-state index contributed by atoms with van der Waals surface area (Å²) in [4.78, 5) is 9.91. The third-order valence-electron chi connectivity index (χ3n) is 2.74. The molecule has 0 saturated heterocycles. The number of anilines is 2. The molecule has 0 aliphatic heterocycles. The van der Waals surface area contributed by atoms with E-state index < -0.39 is 10.0 Å². The Bertz CT molecular complexity index is 745. The molecule has 6 nitrogen and oxygen atoms in total. The quantitative estimate of drug-likeness (QED) is 0.933. The maximum Gasteiger partial charge on any atom is 0.262 e. The SMILES string of the molecule is Cc1ccc(S(=O)(=O)Nc2cnc(N(C)C)nc2)cc1Cl. The van der Waals surface area contributed by atoms with Crippen LogP contribution in [0.2, 0.25) is 5.02 Å². The van der Waals surface area contributed by atoms with E-state index in [2.05, 4.69) is 14.7 Å². The molecule has 0 aliphatic rings. The lowest BCUT2D eigenvalue weighted by Gasteiger charge is -2.11. The van der Waals surface area contributed by atoms with E-state index in [1.807, 2.05) is 0 Å². The fourth-order valence-corrected chi connectivity index (χ4v) is 2.86. The summed E-state index contributed by atoms with van der Waals surface area (Å²) in [5.41, 5.74) is 1.10. The molecular weight excluding hydrogens is 312 g/mol. The van der Waals surface area contributed by atoms with Gasteiger partial charge in [-0.15, -0.1) is 0 Å². The molecule has 0 spiro atoms. The van der Waals surface area contributed by atoms with E-state index in [-0.39, 0.29) is 10.6 Å². The minimum absolute atomic E-state index is 0.0924. The Kier molecular flexibility index (Phi) is 4.34. The second kappa shape index (κ2) is 5.87. The van der Waals surface area contributed by atoms with Crippen molar-refractivity contribution in [1.29, 1.82) is 0 Å². The number of aromatic nitrogens is 2. The topological polar surface area (TPSA) is 75.2 Å². The van der Waals surface area contributed by atoms with Crippen molar-refractivity contribution in [2.24, 2.45) is 0 Å². The van der Waals surface area contributed by atoms with E-state index in [1.54, 1.807) is 32.0 Å². The summed E-state index contributed by atoms with van der Waals surface area (Å²) >= 11 is 5.96. The van der Waals surface area contributed by atoms with Crippen molar-refractivity contribution in [3.8, 4) is 0 Å². The largest absolute Gasteiger partial charge is 0.347 e. The van der Waals surface area contributed by atoms with Gasteiger partial charge in [0.1, 0.15) is 0 Å². The molecule has 112 valence electrons. The van der Waals surface area contributed by atoms with E-state index in [0.29, 0.717) is 11.0 Å². The van der Waals surface area contributed by atoms with Crippen LogP contribution < -0.4 is 9.62 Å². The van der Waals surface area contributed by atoms with Crippen LogP contribution in [-0.2, 0) is 10.0 Å². The first-order valence-electron chi connectivity index (χ1n) is 6.08. The Morgan fingerprint density at radius 1 is 1.19 bits per heavy atom. The highest BCUT2D eigenvalue weighted by Crippen LogP contribution is 2.22. The minimum Gasteiger partial charge on any atom is -0.347 e. The van der Waals surface area contributed by atoms with E-state index >= 15 is 0 Å². The molecule has 0 fully saturated rings. The molecule has 1 aromatic heterocycles. The number of nitrogens with one attached hydrogen (secondary N) is 1. The summed E-state index contributed by atoms with van der Waals surface area (Å²) in [6.07, 6.45) is 2.82. The Morgan fingerprint density at radius 2 is 1.81 bits per heavy atom. The van der Waals surface area contributed by atoms with Crippen LogP contribution in [-0.4, -0.2) is 32.5 Å². The van der Waals surface area contributed by atoms with Gasteiger partial charge in [0.2, 0.25) is 5.95 Å². The first-order chi connectivity index (χ1) is 9.79. The van der Waals surface area contributed by atoms with Crippen LogP contribution in [0.25, 0.3) is 0 Å². The number of nitrogens with zero attached hydrogens (tertiary/aromatic N) is 3. The molecule has 2 aromatic rings. The van der Waals surface area contributed by atoms with Crippen LogP contribution in [0.4, 0.5) is 11.6 Å². The molecule has 0 radical (unpaired) electrons. The Morgan fingerprint density at radius 3 is 2.33 bits per heavy atom. The number of halogens is 1. The highest BCUT2D eigenvalue weighted by molar-refractivity contribution is 7.92. The average Bonchev–Trinajstić information content (AvgIpc) is 2.42. The number of hydrogen-bond acceptors (Lipinski definition) is 5. The molecule has 1 N–H and O–H groups in total. The predicted octanol–water partition coefficient (Wildman–Crippen LogP) is 2.31. The van der Waals surface area contributed by atoms with Crippen molar-refractivity contribution in [1.82, 2.24) is 9.97 Å². The van der Waals surface area contributed by atoms with Gasteiger partial charge in [-0.2, -0.15) is 0 Å². The van der Waals surface area contributed by atoms with Gasteiger partial charge in [-0.25, -0.2) is 18.4 Å². The zero-order chi connectivity index (χ0) is 15.6. The molecule has 0 saturated carbocycles. The molecular formula is C13H15ClN4O2S. The minimum atomic E-state index is -3.71. The number of rotatable bonds is 4. The van der Waals surface area contributed by atoms with Crippen LogP contribution in [0, 0.1) is 6.92 Å². The Hall–Kier alpha value is -1.86. The summed E-state index contributed by atoms with van der Waals surface area (Å²) < 4.78 is 26.9. The van der Waals surface area contributed by atoms with Crippen LogP contribution in [0.5, 0.6) is 0 Å². The summed E-state index contributed by atoms with van der Waals surface area (Å²) in [5, 5.41) is 0.400. The van der Waals surface area contributed by atoms with Gasteiger partial charge >= 0.3 is 0 Å². The Labute approximate surface area is 128 Å². The highest BCUT2D eigenvalue weighted by atomic mass is 35.5. The van der Waals surface area contributed by atoms with E-state index in [9.17, 15) is 8.42 Å². The van der Waals surface area contributed by atoms with Gasteiger partial charge in [-0.3, -0.25) is 4.72 Å².